The number of carbonyl (C=O) groups is 2. The van der Waals surface area contributed by atoms with Crippen LogP contribution in [0.1, 0.15) is 31.5 Å². The van der Waals surface area contributed by atoms with Crippen LogP contribution in [0.4, 0.5) is 20.6 Å². The molecule has 1 saturated heterocycles. The molecule has 166 valence electrons. The van der Waals surface area contributed by atoms with E-state index >= 15 is 0 Å². The second-order valence-electron chi connectivity index (χ2n) is 7.52. The summed E-state index contributed by atoms with van der Waals surface area (Å²) in [5.41, 5.74) is 2.94. The van der Waals surface area contributed by atoms with Crippen molar-refractivity contribution in [2.45, 2.75) is 39.5 Å². The molecule has 31 heavy (non-hydrogen) atoms. The molecule has 4 rings (SSSR count). The molecule has 0 spiro atoms. The normalized spacial score (nSPS) is 17.0. The lowest BCUT2D eigenvalue weighted by atomic mass is 10.2. The summed E-state index contributed by atoms with van der Waals surface area (Å²) >= 11 is 0. The van der Waals surface area contributed by atoms with E-state index in [1.54, 1.807) is 16.8 Å². The molecule has 3 heterocycles. The molecular formula is C22H28FN5O3. The minimum atomic E-state index is -0.546. The van der Waals surface area contributed by atoms with E-state index in [9.17, 15) is 14.0 Å². The number of amides is 2. The molecule has 0 radical (unpaired) electrons. The van der Waals surface area contributed by atoms with Gasteiger partial charge in [-0.2, -0.15) is 5.10 Å². The van der Waals surface area contributed by atoms with Crippen LogP contribution in [-0.4, -0.2) is 41.0 Å². The van der Waals surface area contributed by atoms with Gasteiger partial charge in [-0.15, -0.1) is 6.58 Å². The third-order valence-electron chi connectivity index (χ3n) is 5.02. The lowest BCUT2D eigenvalue weighted by Gasteiger charge is -2.20. The molecule has 8 nitrogen and oxygen atoms in total. The Balaban J connectivity index is 0.000000628. The first-order valence-corrected chi connectivity index (χ1v) is 10.2. The van der Waals surface area contributed by atoms with E-state index in [0.29, 0.717) is 24.5 Å². The van der Waals surface area contributed by atoms with Gasteiger partial charge in [-0.25, -0.2) is 9.18 Å². The van der Waals surface area contributed by atoms with Crippen LogP contribution in [0.2, 0.25) is 0 Å². The molecule has 1 N–H and O–H groups in total. The van der Waals surface area contributed by atoms with Crippen molar-refractivity contribution in [3.63, 3.8) is 0 Å². The average molecular weight is 429 g/mol. The Morgan fingerprint density at radius 3 is 2.77 bits per heavy atom. The van der Waals surface area contributed by atoms with Crippen molar-refractivity contribution in [3.05, 3.63) is 54.1 Å². The molecule has 1 aromatic heterocycles. The second kappa shape index (κ2) is 9.63. The van der Waals surface area contributed by atoms with Gasteiger partial charge in [0.1, 0.15) is 11.9 Å². The van der Waals surface area contributed by atoms with Gasteiger partial charge >= 0.3 is 6.09 Å². The van der Waals surface area contributed by atoms with Crippen LogP contribution in [0, 0.1) is 5.82 Å². The summed E-state index contributed by atoms with van der Waals surface area (Å²) in [7, 11) is 1.87. The highest BCUT2D eigenvalue weighted by atomic mass is 19.1. The van der Waals surface area contributed by atoms with Gasteiger partial charge in [0, 0.05) is 32.3 Å². The summed E-state index contributed by atoms with van der Waals surface area (Å²) in [6.45, 7) is 8.59. The number of aryl methyl sites for hydroxylation is 1. The van der Waals surface area contributed by atoms with E-state index in [4.69, 9.17) is 4.74 Å². The number of allylic oxidation sites excluding steroid dienone is 1. The Bertz CT molecular complexity index is 951. The topological polar surface area (TPSA) is 79.7 Å². The SMILES string of the molecule is C=CCC.CC(=O)NCC1CN(c2ccc(N3Cc4cn(C)nc4C3)c(F)c2)C(=O)O1. The molecule has 0 aliphatic carbocycles. The number of rotatable bonds is 5. The van der Waals surface area contributed by atoms with Crippen LogP contribution in [0.5, 0.6) is 0 Å². The number of cyclic esters (lactones) is 1. The Morgan fingerprint density at radius 1 is 1.42 bits per heavy atom. The summed E-state index contributed by atoms with van der Waals surface area (Å²) in [6, 6.07) is 4.72. The van der Waals surface area contributed by atoms with Gasteiger partial charge in [0.05, 0.1) is 36.7 Å². The van der Waals surface area contributed by atoms with Gasteiger partial charge in [-0.1, -0.05) is 13.0 Å². The van der Waals surface area contributed by atoms with E-state index in [1.165, 1.54) is 17.9 Å². The number of nitrogens with one attached hydrogen (secondary N) is 1. The molecule has 2 aliphatic rings. The zero-order valence-electron chi connectivity index (χ0n) is 18.1. The maximum absolute atomic E-state index is 14.7. The molecule has 2 amide bonds. The van der Waals surface area contributed by atoms with Crippen LogP contribution in [0.25, 0.3) is 0 Å². The molecule has 2 aromatic rings. The van der Waals surface area contributed by atoms with E-state index in [0.717, 1.165) is 17.7 Å². The quantitative estimate of drug-likeness (QED) is 0.739. The predicted molar refractivity (Wildman–Crippen MR) is 116 cm³/mol. The Kier molecular flexibility index (Phi) is 6.94. The minimum absolute atomic E-state index is 0.193. The summed E-state index contributed by atoms with van der Waals surface area (Å²) in [5.74, 6) is -0.596. The number of ether oxygens (including phenoxy) is 1. The van der Waals surface area contributed by atoms with Crippen LogP contribution in [-0.2, 0) is 29.7 Å². The zero-order chi connectivity index (χ0) is 22.5. The van der Waals surface area contributed by atoms with Crippen molar-refractivity contribution in [1.29, 1.82) is 0 Å². The number of fused-ring (bicyclic) bond motifs is 1. The van der Waals surface area contributed by atoms with Crippen molar-refractivity contribution in [1.82, 2.24) is 15.1 Å². The first kappa shape index (κ1) is 22.3. The molecule has 1 aromatic carbocycles. The fourth-order valence-electron chi connectivity index (χ4n) is 3.48. The van der Waals surface area contributed by atoms with Crippen LogP contribution in [0.3, 0.4) is 0 Å². The predicted octanol–water partition coefficient (Wildman–Crippen LogP) is 3.12. The Hall–Kier alpha value is -3.36. The molecular weight excluding hydrogens is 401 g/mol. The van der Waals surface area contributed by atoms with E-state index < -0.39 is 18.0 Å². The van der Waals surface area contributed by atoms with E-state index in [2.05, 4.69) is 23.9 Å². The number of nitrogens with zero attached hydrogens (tertiary/aromatic N) is 4. The maximum atomic E-state index is 14.7. The Morgan fingerprint density at radius 2 is 2.16 bits per heavy atom. The number of halogens is 1. The first-order chi connectivity index (χ1) is 14.8. The van der Waals surface area contributed by atoms with Gasteiger partial charge in [0.25, 0.3) is 0 Å². The van der Waals surface area contributed by atoms with E-state index in [1.807, 2.05) is 24.2 Å². The lowest BCUT2D eigenvalue weighted by Crippen LogP contribution is -2.33. The van der Waals surface area contributed by atoms with Crippen molar-refractivity contribution < 1.29 is 18.7 Å². The largest absolute Gasteiger partial charge is 0.442 e. The van der Waals surface area contributed by atoms with Crippen LogP contribution >= 0.6 is 0 Å². The number of benzene rings is 1. The Labute approximate surface area is 181 Å². The highest BCUT2D eigenvalue weighted by Crippen LogP contribution is 2.32. The highest BCUT2D eigenvalue weighted by Gasteiger charge is 2.33. The third-order valence-corrected chi connectivity index (χ3v) is 5.02. The number of carbonyl (C=O) groups excluding carboxylic acids is 2. The van der Waals surface area contributed by atoms with Gasteiger partial charge in [-0.3, -0.25) is 14.4 Å². The lowest BCUT2D eigenvalue weighted by molar-refractivity contribution is -0.119. The molecule has 0 saturated carbocycles. The van der Waals surface area contributed by atoms with Crippen molar-refractivity contribution >= 4 is 23.4 Å². The number of hydrogen-bond acceptors (Lipinski definition) is 5. The standard InChI is InChI=1S/C18H20FN5O3.C4H8/c1-11(25)20-6-14-9-24(18(26)27-14)13-3-4-17(15(19)5-13)23-8-12-7-22(2)21-16(12)10-23;1-3-4-2/h3-5,7,14H,6,8-10H2,1-2H3,(H,20,25);3H,1,4H2,2H3. The number of anilines is 2. The van der Waals surface area contributed by atoms with Gasteiger partial charge < -0.3 is 15.0 Å². The van der Waals surface area contributed by atoms with Crippen molar-refractivity contribution in [3.8, 4) is 0 Å². The summed E-state index contributed by atoms with van der Waals surface area (Å²) < 4.78 is 21.7. The van der Waals surface area contributed by atoms with Crippen molar-refractivity contribution in [2.75, 3.05) is 22.9 Å². The molecule has 1 unspecified atom stereocenters. The summed E-state index contributed by atoms with van der Waals surface area (Å²) in [4.78, 5) is 26.4. The zero-order valence-corrected chi connectivity index (χ0v) is 18.1. The maximum Gasteiger partial charge on any atom is 0.414 e. The molecule has 2 aliphatic heterocycles. The van der Waals surface area contributed by atoms with Gasteiger partial charge in [0.15, 0.2) is 0 Å². The molecule has 9 heteroatoms. The van der Waals surface area contributed by atoms with Crippen LogP contribution < -0.4 is 15.1 Å². The van der Waals surface area contributed by atoms with Crippen LogP contribution in [0.15, 0.2) is 37.1 Å². The molecule has 1 fully saturated rings. The second-order valence-corrected chi connectivity index (χ2v) is 7.52. The fraction of sp³-hybridized carbons (Fsp3) is 0.409. The monoisotopic (exact) mass is 429 g/mol. The molecule has 1 atom stereocenters. The smallest absolute Gasteiger partial charge is 0.414 e. The summed E-state index contributed by atoms with van der Waals surface area (Å²) in [6.07, 6.45) is 3.90. The number of aromatic nitrogens is 2. The fourth-order valence-corrected chi connectivity index (χ4v) is 3.48. The van der Waals surface area contributed by atoms with Gasteiger partial charge in [0.2, 0.25) is 5.91 Å². The third kappa shape index (κ3) is 5.22. The first-order valence-electron chi connectivity index (χ1n) is 10.2. The van der Waals surface area contributed by atoms with Gasteiger partial charge in [-0.05, 0) is 24.6 Å². The van der Waals surface area contributed by atoms with E-state index in [-0.39, 0.29) is 19.0 Å². The minimum Gasteiger partial charge on any atom is -0.442 e. The summed E-state index contributed by atoms with van der Waals surface area (Å²) in [5, 5.41) is 6.99. The molecule has 0 bridgehead atoms. The van der Waals surface area contributed by atoms with Crippen molar-refractivity contribution in [2.24, 2.45) is 7.05 Å². The highest BCUT2D eigenvalue weighted by molar-refractivity contribution is 5.90. The average Bonchev–Trinajstić information content (AvgIpc) is 3.38. The number of hydrogen-bond donors (Lipinski definition) is 1.